The Balaban J connectivity index is 0.841. The van der Waals surface area contributed by atoms with Gasteiger partial charge in [-0.05, 0) is 146 Å². The third-order valence-corrected chi connectivity index (χ3v) is 13.2. The monoisotopic (exact) mass is 836 g/mol. The van der Waals surface area contributed by atoms with E-state index in [9.17, 15) is 0 Å². The van der Waals surface area contributed by atoms with Gasteiger partial charge in [0.05, 0.1) is 0 Å². The molecule has 0 nitrogen and oxygen atoms in total. The summed E-state index contributed by atoms with van der Waals surface area (Å²) in [5.74, 6) is 0. The summed E-state index contributed by atoms with van der Waals surface area (Å²) in [5, 5.41) is 2.45. The van der Waals surface area contributed by atoms with Crippen LogP contribution in [0.25, 0.3) is 103 Å². The van der Waals surface area contributed by atoms with Crippen LogP contribution in [-0.2, 0) is 0 Å². The van der Waals surface area contributed by atoms with E-state index >= 15 is 0 Å². The van der Waals surface area contributed by atoms with Gasteiger partial charge in [0, 0.05) is 0 Å². The SMILES string of the molecule is C(=C1c2ccccc2-c2ccccc2-c2ccccc21)c1ccc(/C=C\c2cc3ccccc3cc2/C=C\c2ccc(C=C3c4ccccc4-c4ccccc4-c4ccccc43)cc2)cc1. The van der Waals surface area contributed by atoms with Crippen molar-refractivity contribution >= 4 is 58.4 Å². The Labute approximate surface area is 387 Å². The van der Waals surface area contributed by atoms with Gasteiger partial charge in [0.2, 0.25) is 0 Å². The van der Waals surface area contributed by atoms with Crippen LogP contribution in [0.4, 0.5) is 0 Å². The van der Waals surface area contributed by atoms with Gasteiger partial charge in [0.1, 0.15) is 0 Å². The minimum Gasteiger partial charge on any atom is -0.0616 e. The topological polar surface area (TPSA) is 0 Å². The summed E-state index contributed by atoms with van der Waals surface area (Å²) in [7, 11) is 0. The van der Waals surface area contributed by atoms with Crippen molar-refractivity contribution in [1.29, 1.82) is 0 Å². The van der Waals surface area contributed by atoms with Gasteiger partial charge in [0.25, 0.3) is 0 Å². The lowest BCUT2D eigenvalue weighted by molar-refractivity contribution is 1.57. The zero-order chi connectivity index (χ0) is 43.8. The lowest BCUT2D eigenvalue weighted by atomic mass is 9.91. The molecule has 0 spiro atoms. The van der Waals surface area contributed by atoms with Crippen LogP contribution in [0.5, 0.6) is 0 Å². The molecule has 10 aromatic carbocycles. The van der Waals surface area contributed by atoms with Crippen LogP contribution in [0.15, 0.2) is 231 Å². The highest BCUT2D eigenvalue weighted by molar-refractivity contribution is 6.07. The molecule has 0 aliphatic heterocycles. The first-order valence-electron chi connectivity index (χ1n) is 22.8. The first kappa shape index (κ1) is 39.0. The fourth-order valence-corrected chi connectivity index (χ4v) is 9.99. The van der Waals surface area contributed by atoms with Gasteiger partial charge >= 0.3 is 0 Å². The van der Waals surface area contributed by atoms with Crippen LogP contribution in [0.1, 0.15) is 55.6 Å². The van der Waals surface area contributed by atoms with Crippen molar-refractivity contribution in [2.24, 2.45) is 0 Å². The molecule has 2 aliphatic rings. The Morgan fingerprint density at radius 2 is 0.424 bits per heavy atom. The molecule has 0 saturated heterocycles. The van der Waals surface area contributed by atoms with E-state index < -0.39 is 0 Å². The van der Waals surface area contributed by atoms with Crippen LogP contribution in [0, 0.1) is 0 Å². The second kappa shape index (κ2) is 16.8. The molecule has 0 heterocycles. The molecule has 10 aromatic rings. The van der Waals surface area contributed by atoms with Gasteiger partial charge in [-0.3, -0.25) is 0 Å². The van der Waals surface area contributed by atoms with E-state index in [1.165, 1.54) is 111 Å². The number of rotatable bonds is 6. The molecule has 308 valence electrons. The van der Waals surface area contributed by atoms with Gasteiger partial charge in [-0.25, -0.2) is 0 Å². The summed E-state index contributed by atoms with van der Waals surface area (Å²) >= 11 is 0. The Bertz CT molecular complexity index is 3230. The number of fused-ring (bicyclic) bond motifs is 11. The van der Waals surface area contributed by atoms with Gasteiger partial charge in [-0.15, -0.1) is 0 Å². The molecule has 0 amide bonds. The molecular weight excluding hydrogens is 793 g/mol. The zero-order valence-electron chi connectivity index (χ0n) is 36.4. The molecule has 66 heavy (non-hydrogen) atoms. The summed E-state index contributed by atoms with van der Waals surface area (Å²) < 4.78 is 0. The molecule has 0 unspecified atom stereocenters. The van der Waals surface area contributed by atoms with E-state index in [2.05, 4.69) is 267 Å². The number of benzene rings is 10. The third-order valence-electron chi connectivity index (χ3n) is 13.2. The van der Waals surface area contributed by atoms with E-state index in [1.54, 1.807) is 0 Å². The maximum Gasteiger partial charge on any atom is -0.00930 e. The van der Waals surface area contributed by atoms with E-state index in [1.807, 2.05) is 0 Å². The highest BCUT2D eigenvalue weighted by atomic mass is 14.3. The van der Waals surface area contributed by atoms with E-state index in [-0.39, 0.29) is 0 Å². The molecule has 0 bridgehead atoms. The predicted octanol–water partition coefficient (Wildman–Crippen LogP) is 17.7. The third kappa shape index (κ3) is 7.25. The van der Waals surface area contributed by atoms with Crippen molar-refractivity contribution < 1.29 is 0 Å². The van der Waals surface area contributed by atoms with Crippen molar-refractivity contribution in [3.63, 3.8) is 0 Å². The van der Waals surface area contributed by atoms with E-state index in [0.29, 0.717) is 0 Å². The number of hydrogen-bond acceptors (Lipinski definition) is 0. The molecule has 2 aliphatic carbocycles. The maximum atomic E-state index is 2.35. The van der Waals surface area contributed by atoms with Crippen molar-refractivity contribution in [2.75, 3.05) is 0 Å². The minimum absolute atomic E-state index is 1.15. The highest BCUT2D eigenvalue weighted by Gasteiger charge is 2.23. The number of hydrogen-bond donors (Lipinski definition) is 0. The van der Waals surface area contributed by atoms with Crippen molar-refractivity contribution in [3.05, 3.63) is 286 Å². The molecule has 12 rings (SSSR count). The summed E-state index contributed by atoms with van der Waals surface area (Å²) in [6, 6.07) is 83.9. The fourth-order valence-electron chi connectivity index (χ4n) is 9.99. The van der Waals surface area contributed by atoms with Gasteiger partial charge < -0.3 is 0 Å². The van der Waals surface area contributed by atoms with Crippen molar-refractivity contribution in [3.8, 4) is 44.5 Å². The van der Waals surface area contributed by atoms with Crippen molar-refractivity contribution in [2.45, 2.75) is 0 Å². The second-order valence-electron chi connectivity index (χ2n) is 17.2. The minimum atomic E-state index is 1.15. The smallest absolute Gasteiger partial charge is 0.00930 e. The molecule has 0 atom stereocenters. The lowest BCUT2D eigenvalue weighted by Crippen LogP contribution is -1.90. The Hall–Kier alpha value is -8.58. The average molecular weight is 837 g/mol. The summed E-state index contributed by atoms with van der Waals surface area (Å²) in [6.45, 7) is 0. The summed E-state index contributed by atoms with van der Waals surface area (Å²) in [4.78, 5) is 0. The normalized spacial score (nSPS) is 12.4. The summed E-state index contributed by atoms with van der Waals surface area (Å²) in [5.41, 5.74) is 24.6. The average Bonchev–Trinajstić information content (AvgIpc) is 3.58. The van der Waals surface area contributed by atoms with Crippen LogP contribution in [0.2, 0.25) is 0 Å². The predicted molar refractivity (Wildman–Crippen MR) is 283 cm³/mol. The van der Waals surface area contributed by atoms with Gasteiger partial charge in [-0.1, -0.05) is 243 Å². The quantitative estimate of drug-likeness (QED) is 0.146. The molecule has 0 N–H and O–H groups in total. The standard InChI is InChI=1S/C66H44/c1-2-16-50-44-52(40-38-46-31-35-48(36-32-46)42-66-63-27-13-9-23-59(63)55-19-5-6-20-56(55)60-24-10-14-28-64(60)66)51(43-49(50)15-1)39-37-45-29-33-47(34-30-45)41-65-61-25-11-7-21-57(61)53-17-3-4-18-54(53)58-22-8-12-26-62(58)65/h1-44H/b39-37-,40-38-. The van der Waals surface area contributed by atoms with Gasteiger partial charge in [-0.2, -0.15) is 0 Å². The maximum absolute atomic E-state index is 2.35. The van der Waals surface area contributed by atoms with Gasteiger partial charge in [0.15, 0.2) is 0 Å². The molecule has 0 saturated carbocycles. The lowest BCUT2D eigenvalue weighted by Gasteiger charge is -2.12. The van der Waals surface area contributed by atoms with Crippen LogP contribution < -0.4 is 0 Å². The Kier molecular flexibility index (Phi) is 9.97. The first-order chi connectivity index (χ1) is 32.7. The molecule has 0 radical (unpaired) electrons. The zero-order valence-corrected chi connectivity index (χ0v) is 36.4. The van der Waals surface area contributed by atoms with Crippen LogP contribution >= 0.6 is 0 Å². The van der Waals surface area contributed by atoms with E-state index in [0.717, 1.165) is 11.1 Å². The Morgan fingerprint density at radius 1 is 0.197 bits per heavy atom. The molecular formula is C66H44. The molecule has 0 aromatic heterocycles. The largest absolute Gasteiger partial charge is 0.0616 e. The first-order valence-corrected chi connectivity index (χ1v) is 22.8. The Morgan fingerprint density at radius 3 is 0.712 bits per heavy atom. The second-order valence-corrected chi connectivity index (χ2v) is 17.2. The van der Waals surface area contributed by atoms with E-state index in [4.69, 9.17) is 0 Å². The van der Waals surface area contributed by atoms with Crippen LogP contribution in [-0.4, -0.2) is 0 Å². The van der Waals surface area contributed by atoms with Crippen LogP contribution in [0.3, 0.4) is 0 Å². The fraction of sp³-hybridized carbons (Fsp3) is 0. The molecule has 0 fully saturated rings. The van der Waals surface area contributed by atoms with Crippen molar-refractivity contribution in [1.82, 2.24) is 0 Å². The summed E-state index contributed by atoms with van der Waals surface area (Å²) in [6.07, 6.45) is 13.7. The molecule has 0 heteroatoms. The highest BCUT2D eigenvalue weighted by Crippen LogP contribution is 2.47.